The van der Waals surface area contributed by atoms with Crippen molar-refractivity contribution in [1.29, 1.82) is 0 Å². The lowest BCUT2D eigenvalue weighted by atomic mass is 10.1. The number of allylic oxidation sites excluding steroid dienone is 1. The van der Waals surface area contributed by atoms with Gasteiger partial charge in [0.25, 0.3) is 0 Å². The zero-order valence-corrected chi connectivity index (χ0v) is 15.3. The van der Waals surface area contributed by atoms with Crippen molar-refractivity contribution < 1.29 is 9.18 Å². The minimum atomic E-state index is -0.288. The molecule has 3 rings (SSSR count). The quantitative estimate of drug-likeness (QED) is 0.498. The van der Waals surface area contributed by atoms with Gasteiger partial charge in [-0.15, -0.1) is 6.58 Å². The van der Waals surface area contributed by atoms with Crippen LogP contribution < -0.4 is 5.32 Å². The Morgan fingerprint density at radius 2 is 2.04 bits per heavy atom. The summed E-state index contributed by atoms with van der Waals surface area (Å²) in [5.74, 6) is -0.126. The highest BCUT2D eigenvalue weighted by Gasteiger charge is 2.14. The van der Waals surface area contributed by atoms with Crippen LogP contribution in [0, 0.1) is 5.82 Å². The van der Waals surface area contributed by atoms with Crippen LogP contribution in [-0.4, -0.2) is 21.2 Å². The summed E-state index contributed by atoms with van der Waals surface area (Å²) >= 11 is 1.39. The summed E-state index contributed by atoms with van der Waals surface area (Å²) in [6, 6.07) is 13.8. The first-order chi connectivity index (χ1) is 12.6. The lowest BCUT2D eigenvalue weighted by molar-refractivity contribution is -0.119. The van der Waals surface area contributed by atoms with Gasteiger partial charge in [0.15, 0.2) is 5.16 Å². The van der Waals surface area contributed by atoms with E-state index in [2.05, 4.69) is 16.9 Å². The predicted molar refractivity (Wildman–Crippen MR) is 104 cm³/mol. The standard InChI is InChI=1S/C20H20FN3OS/c1-3-12-24-18-7-5-4-6-17(18)23-20(24)26-13-19(25)22-14(2)15-8-10-16(21)11-9-15/h3-11,14H,1,12-13H2,2H3,(H,22,25). The van der Waals surface area contributed by atoms with Crippen molar-refractivity contribution >= 4 is 28.7 Å². The van der Waals surface area contributed by atoms with E-state index in [4.69, 9.17) is 0 Å². The Morgan fingerprint density at radius 1 is 1.31 bits per heavy atom. The second-order valence-electron chi connectivity index (χ2n) is 5.91. The highest BCUT2D eigenvalue weighted by atomic mass is 32.2. The summed E-state index contributed by atoms with van der Waals surface area (Å²) in [6.07, 6.45) is 1.81. The fourth-order valence-electron chi connectivity index (χ4n) is 2.72. The fourth-order valence-corrected chi connectivity index (χ4v) is 3.55. The summed E-state index contributed by atoms with van der Waals surface area (Å²) in [5, 5.41) is 3.72. The number of carbonyl (C=O) groups is 1. The number of rotatable bonds is 7. The maximum Gasteiger partial charge on any atom is 0.230 e. The van der Waals surface area contributed by atoms with Crippen LogP contribution in [0.2, 0.25) is 0 Å². The number of hydrogen-bond acceptors (Lipinski definition) is 3. The molecule has 26 heavy (non-hydrogen) atoms. The van der Waals surface area contributed by atoms with Gasteiger partial charge in [-0.2, -0.15) is 0 Å². The van der Waals surface area contributed by atoms with Crippen LogP contribution in [0.15, 0.2) is 66.3 Å². The molecule has 0 radical (unpaired) electrons. The molecule has 6 heteroatoms. The van der Waals surface area contributed by atoms with E-state index in [9.17, 15) is 9.18 Å². The third kappa shape index (κ3) is 4.14. The van der Waals surface area contributed by atoms with Crippen LogP contribution in [-0.2, 0) is 11.3 Å². The van der Waals surface area contributed by atoms with E-state index in [0.29, 0.717) is 6.54 Å². The lowest BCUT2D eigenvalue weighted by Crippen LogP contribution is -2.28. The van der Waals surface area contributed by atoms with Crippen LogP contribution in [0.4, 0.5) is 4.39 Å². The van der Waals surface area contributed by atoms with Gasteiger partial charge in [0.1, 0.15) is 5.82 Å². The molecule has 1 aromatic heterocycles. The number of hydrogen-bond donors (Lipinski definition) is 1. The van der Waals surface area contributed by atoms with Gasteiger partial charge in [-0.3, -0.25) is 4.79 Å². The molecule has 0 aliphatic carbocycles. The smallest absolute Gasteiger partial charge is 0.230 e. The zero-order valence-electron chi connectivity index (χ0n) is 14.5. The summed E-state index contributed by atoms with van der Waals surface area (Å²) in [6.45, 7) is 6.31. The Hall–Kier alpha value is -2.60. The Bertz CT molecular complexity index is 920. The molecule has 0 aliphatic rings. The molecule has 1 N–H and O–H groups in total. The summed E-state index contributed by atoms with van der Waals surface area (Å²) < 4.78 is 15.0. The van der Waals surface area contributed by atoms with Gasteiger partial charge in [-0.25, -0.2) is 9.37 Å². The minimum Gasteiger partial charge on any atom is -0.349 e. The molecule has 1 amide bonds. The average molecular weight is 369 g/mol. The highest BCUT2D eigenvalue weighted by Crippen LogP contribution is 2.24. The zero-order chi connectivity index (χ0) is 18.5. The van der Waals surface area contributed by atoms with Crippen LogP contribution in [0.5, 0.6) is 0 Å². The molecule has 0 fully saturated rings. The van der Waals surface area contributed by atoms with E-state index in [-0.39, 0.29) is 23.5 Å². The fraction of sp³-hybridized carbons (Fsp3) is 0.200. The predicted octanol–water partition coefficient (Wildman–Crippen LogP) is 4.33. The molecule has 0 saturated heterocycles. The van der Waals surface area contributed by atoms with Crippen molar-refractivity contribution in [3.05, 3.63) is 72.6 Å². The molecular formula is C20H20FN3OS. The number of halogens is 1. The Labute approximate surface area is 156 Å². The van der Waals surface area contributed by atoms with Crippen LogP contribution >= 0.6 is 11.8 Å². The number of carbonyl (C=O) groups excluding carboxylic acids is 1. The van der Waals surface area contributed by atoms with E-state index in [1.165, 1.54) is 23.9 Å². The molecule has 0 bridgehead atoms. The van der Waals surface area contributed by atoms with Gasteiger partial charge in [-0.05, 0) is 36.8 Å². The Morgan fingerprint density at radius 3 is 2.77 bits per heavy atom. The van der Waals surface area contributed by atoms with Crippen molar-refractivity contribution in [3.8, 4) is 0 Å². The maximum absolute atomic E-state index is 13.0. The third-order valence-corrected chi connectivity index (χ3v) is 4.99. The number of nitrogens with zero attached hydrogens (tertiary/aromatic N) is 2. The summed E-state index contributed by atoms with van der Waals surface area (Å²) in [5.41, 5.74) is 2.79. The number of para-hydroxylation sites is 2. The number of nitrogens with one attached hydrogen (secondary N) is 1. The van der Waals surface area contributed by atoms with Gasteiger partial charge in [0.05, 0.1) is 22.8 Å². The molecule has 0 aliphatic heterocycles. The molecule has 0 saturated carbocycles. The lowest BCUT2D eigenvalue weighted by Gasteiger charge is -2.14. The van der Waals surface area contributed by atoms with Crippen molar-refractivity contribution in [3.63, 3.8) is 0 Å². The summed E-state index contributed by atoms with van der Waals surface area (Å²) in [7, 11) is 0. The first-order valence-corrected chi connectivity index (χ1v) is 9.31. The molecular weight excluding hydrogens is 349 g/mol. The SMILES string of the molecule is C=CCn1c(SCC(=O)NC(C)c2ccc(F)cc2)nc2ccccc21. The van der Waals surface area contributed by atoms with Crippen LogP contribution in [0.3, 0.4) is 0 Å². The normalized spacial score (nSPS) is 12.1. The minimum absolute atomic E-state index is 0.0935. The molecule has 1 unspecified atom stereocenters. The largest absolute Gasteiger partial charge is 0.349 e. The van der Waals surface area contributed by atoms with Gasteiger partial charge in [0, 0.05) is 6.54 Å². The number of thioether (sulfide) groups is 1. The topological polar surface area (TPSA) is 46.9 Å². The van der Waals surface area contributed by atoms with Crippen LogP contribution in [0.1, 0.15) is 18.5 Å². The average Bonchev–Trinajstić information content (AvgIpc) is 2.99. The molecule has 134 valence electrons. The first-order valence-electron chi connectivity index (χ1n) is 8.32. The maximum atomic E-state index is 13.0. The van der Waals surface area contributed by atoms with E-state index >= 15 is 0 Å². The summed E-state index contributed by atoms with van der Waals surface area (Å²) in [4.78, 5) is 16.9. The number of imidazole rings is 1. The van der Waals surface area contributed by atoms with Crippen molar-refractivity contribution in [2.45, 2.75) is 24.7 Å². The van der Waals surface area contributed by atoms with E-state index in [1.807, 2.05) is 41.8 Å². The Balaban J connectivity index is 1.65. The van der Waals surface area contributed by atoms with Crippen LogP contribution in [0.25, 0.3) is 11.0 Å². The van der Waals surface area contributed by atoms with E-state index in [0.717, 1.165) is 21.8 Å². The van der Waals surface area contributed by atoms with Gasteiger partial charge < -0.3 is 9.88 Å². The van der Waals surface area contributed by atoms with Gasteiger partial charge >= 0.3 is 0 Å². The molecule has 3 aromatic rings. The van der Waals surface area contributed by atoms with Crippen molar-refractivity contribution in [2.24, 2.45) is 0 Å². The third-order valence-electron chi connectivity index (χ3n) is 4.01. The Kier molecular flexibility index (Phi) is 5.73. The molecule has 2 aromatic carbocycles. The van der Waals surface area contributed by atoms with E-state index in [1.54, 1.807) is 12.1 Å². The molecule has 4 nitrogen and oxygen atoms in total. The van der Waals surface area contributed by atoms with Gasteiger partial charge in [0.2, 0.25) is 5.91 Å². The second kappa shape index (κ2) is 8.19. The van der Waals surface area contributed by atoms with Gasteiger partial charge in [-0.1, -0.05) is 42.1 Å². The van der Waals surface area contributed by atoms with Crippen molar-refractivity contribution in [2.75, 3.05) is 5.75 Å². The first kappa shape index (κ1) is 18.2. The number of fused-ring (bicyclic) bond motifs is 1. The van der Waals surface area contributed by atoms with E-state index < -0.39 is 0 Å². The number of benzene rings is 2. The second-order valence-corrected chi connectivity index (χ2v) is 6.85. The monoisotopic (exact) mass is 369 g/mol. The highest BCUT2D eigenvalue weighted by molar-refractivity contribution is 7.99. The molecule has 1 atom stereocenters. The van der Waals surface area contributed by atoms with Crippen molar-refractivity contribution in [1.82, 2.24) is 14.9 Å². The number of amides is 1. The number of aromatic nitrogens is 2. The molecule has 1 heterocycles. The molecule has 0 spiro atoms.